The molecule has 2 aromatic heterocycles. The van der Waals surface area contributed by atoms with E-state index in [-0.39, 0.29) is 24.2 Å². The highest BCUT2D eigenvalue weighted by Crippen LogP contribution is 2.38. The lowest BCUT2D eigenvalue weighted by atomic mass is 9.86. The van der Waals surface area contributed by atoms with Crippen LogP contribution in [-0.2, 0) is 39.5 Å². The Morgan fingerprint density at radius 3 is 2.82 bits per heavy atom. The van der Waals surface area contributed by atoms with Crippen LogP contribution in [0.1, 0.15) is 56.4 Å². The van der Waals surface area contributed by atoms with Gasteiger partial charge in [0.1, 0.15) is 12.2 Å². The predicted octanol–water partition coefficient (Wildman–Crippen LogP) is 3.42. The second-order valence-electron chi connectivity index (χ2n) is 9.78. The minimum absolute atomic E-state index is 0.115. The highest BCUT2D eigenvalue weighted by atomic mass is 16.6. The minimum atomic E-state index is -1.83. The van der Waals surface area contributed by atoms with Crippen molar-refractivity contribution in [1.29, 1.82) is 0 Å². The Labute approximate surface area is 196 Å². The minimum Gasteiger partial charge on any atom is -0.458 e. The topological polar surface area (TPSA) is 103 Å². The molecular formula is C26H27N3O5. The number of pyridine rings is 2. The molecule has 2 aliphatic heterocycles. The summed E-state index contributed by atoms with van der Waals surface area (Å²) in [5, 5.41) is 16.1. The Kier molecular flexibility index (Phi) is 5.09. The molecule has 0 aliphatic carbocycles. The Morgan fingerprint density at radius 2 is 2.09 bits per heavy atom. The molecule has 1 N–H and O–H groups in total. The predicted molar refractivity (Wildman–Crippen MR) is 128 cm³/mol. The molecule has 1 atom stereocenters. The van der Waals surface area contributed by atoms with Crippen LogP contribution >= 0.6 is 0 Å². The van der Waals surface area contributed by atoms with Crippen molar-refractivity contribution in [3.8, 4) is 11.4 Å². The molecule has 0 radical (unpaired) electrons. The fourth-order valence-electron chi connectivity index (χ4n) is 4.57. The van der Waals surface area contributed by atoms with E-state index in [9.17, 15) is 14.7 Å². The van der Waals surface area contributed by atoms with Crippen molar-refractivity contribution < 1.29 is 19.5 Å². The van der Waals surface area contributed by atoms with Crippen LogP contribution in [0.4, 0.5) is 0 Å². The van der Waals surface area contributed by atoms with Crippen molar-refractivity contribution in [2.75, 3.05) is 0 Å². The van der Waals surface area contributed by atoms with Crippen LogP contribution in [0, 0.1) is 0 Å². The van der Waals surface area contributed by atoms with Crippen molar-refractivity contribution in [2.24, 2.45) is 5.16 Å². The summed E-state index contributed by atoms with van der Waals surface area (Å²) in [4.78, 5) is 35.9. The summed E-state index contributed by atoms with van der Waals surface area (Å²) in [7, 11) is 0. The largest absolute Gasteiger partial charge is 0.458 e. The number of cyclic esters (lactones) is 1. The lowest BCUT2D eigenvalue weighted by molar-refractivity contribution is -0.172. The van der Waals surface area contributed by atoms with Gasteiger partial charge in [0, 0.05) is 29.1 Å². The number of carbonyl (C=O) groups excluding carboxylic acids is 1. The number of aromatic nitrogens is 2. The first-order valence-electron chi connectivity index (χ1n) is 11.4. The molecule has 8 nitrogen and oxygen atoms in total. The van der Waals surface area contributed by atoms with Gasteiger partial charge in [0.05, 0.1) is 29.0 Å². The Morgan fingerprint density at radius 1 is 1.29 bits per heavy atom. The first-order valence-corrected chi connectivity index (χ1v) is 11.4. The third-order valence-corrected chi connectivity index (χ3v) is 6.35. The third kappa shape index (κ3) is 3.49. The zero-order valence-corrected chi connectivity index (χ0v) is 19.7. The monoisotopic (exact) mass is 461 g/mol. The number of esters is 1. The zero-order chi connectivity index (χ0) is 24.3. The normalized spacial score (nSPS) is 19.1. The van der Waals surface area contributed by atoms with E-state index in [4.69, 9.17) is 14.6 Å². The first kappa shape index (κ1) is 22.3. The smallest absolute Gasteiger partial charge is 0.343 e. The molecule has 8 heteroatoms. The number of benzene rings is 1. The van der Waals surface area contributed by atoms with E-state index in [0.717, 1.165) is 22.0 Å². The van der Waals surface area contributed by atoms with Crippen LogP contribution < -0.4 is 5.56 Å². The Hall–Kier alpha value is -3.52. The number of oxime groups is 1. The van der Waals surface area contributed by atoms with Gasteiger partial charge in [-0.05, 0) is 51.0 Å². The maximum atomic E-state index is 13.3. The summed E-state index contributed by atoms with van der Waals surface area (Å²) in [5.41, 5.74) is 2.25. The SMILES string of the molecule is CC[C@@]1(O)C(=O)OCc2c1cc1n(c2=O)Cc2cc3c(C/C=N/OC(C)(C)C)cccc3nc2-1. The number of fused-ring (bicyclic) bond motifs is 5. The van der Waals surface area contributed by atoms with Crippen LogP contribution in [0.15, 0.2) is 40.3 Å². The molecule has 1 aromatic carbocycles. The van der Waals surface area contributed by atoms with Crippen molar-refractivity contribution in [3.63, 3.8) is 0 Å². The molecule has 4 heterocycles. The lowest BCUT2D eigenvalue weighted by Gasteiger charge is -2.31. The fourth-order valence-corrected chi connectivity index (χ4v) is 4.57. The quantitative estimate of drug-likeness (QED) is 0.284. The summed E-state index contributed by atoms with van der Waals surface area (Å²) in [6.45, 7) is 7.75. The van der Waals surface area contributed by atoms with Gasteiger partial charge in [-0.1, -0.05) is 24.2 Å². The summed E-state index contributed by atoms with van der Waals surface area (Å²) >= 11 is 0. The van der Waals surface area contributed by atoms with Gasteiger partial charge in [-0.25, -0.2) is 9.78 Å². The van der Waals surface area contributed by atoms with E-state index in [1.54, 1.807) is 23.8 Å². The average Bonchev–Trinajstić information content (AvgIpc) is 3.15. The molecule has 0 amide bonds. The maximum Gasteiger partial charge on any atom is 0.343 e. The summed E-state index contributed by atoms with van der Waals surface area (Å²) in [6.07, 6.45) is 2.44. The van der Waals surface area contributed by atoms with Crippen LogP contribution in [-0.4, -0.2) is 32.4 Å². The van der Waals surface area contributed by atoms with Gasteiger partial charge in [-0.15, -0.1) is 0 Å². The summed E-state index contributed by atoms with van der Waals surface area (Å²) < 4.78 is 6.78. The van der Waals surface area contributed by atoms with Crippen LogP contribution in [0.5, 0.6) is 0 Å². The van der Waals surface area contributed by atoms with Gasteiger partial charge in [0.2, 0.25) is 0 Å². The van der Waals surface area contributed by atoms with Gasteiger partial charge in [-0.2, -0.15) is 0 Å². The van der Waals surface area contributed by atoms with Gasteiger partial charge in [-0.3, -0.25) is 4.79 Å². The van der Waals surface area contributed by atoms with Crippen molar-refractivity contribution in [2.45, 2.75) is 64.9 Å². The second-order valence-corrected chi connectivity index (χ2v) is 9.78. The van der Waals surface area contributed by atoms with Gasteiger partial charge in [0.15, 0.2) is 5.60 Å². The van der Waals surface area contributed by atoms with Gasteiger partial charge < -0.3 is 19.2 Å². The highest BCUT2D eigenvalue weighted by molar-refractivity contribution is 5.89. The molecule has 0 saturated heterocycles. The van der Waals surface area contributed by atoms with E-state index < -0.39 is 11.6 Å². The maximum absolute atomic E-state index is 13.3. The van der Waals surface area contributed by atoms with Gasteiger partial charge >= 0.3 is 5.97 Å². The van der Waals surface area contributed by atoms with Crippen molar-refractivity contribution in [1.82, 2.24) is 9.55 Å². The fraction of sp³-hybridized carbons (Fsp3) is 0.385. The highest BCUT2D eigenvalue weighted by Gasteiger charge is 2.45. The third-order valence-electron chi connectivity index (χ3n) is 6.35. The number of hydrogen-bond acceptors (Lipinski definition) is 7. The molecule has 5 rings (SSSR count). The lowest BCUT2D eigenvalue weighted by Crippen LogP contribution is -2.44. The second kappa shape index (κ2) is 7.77. The van der Waals surface area contributed by atoms with Crippen LogP contribution in [0.25, 0.3) is 22.3 Å². The molecular weight excluding hydrogens is 434 g/mol. The molecule has 0 spiro atoms. The number of ether oxygens (including phenoxy) is 1. The zero-order valence-electron chi connectivity index (χ0n) is 19.7. The van der Waals surface area contributed by atoms with E-state index >= 15 is 0 Å². The van der Waals surface area contributed by atoms with Crippen LogP contribution in [0.2, 0.25) is 0 Å². The Bertz CT molecular complexity index is 1420. The summed E-state index contributed by atoms with van der Waals surface area (Å²) in [5.74, 6) is -0.724. The number of carbonyl (C=O) groups is 1. The standard InChI is InChI=1S/C26H27N3O5/c1-5-26(32)19-12-21-22-16(13-29(21)23(30)18(19)14-33-24(26)31)11-17-15(7-6-8-20(17)28-22)9-10-27-34-25(2,3)4/h6-8,10-12,32H,5,9,13-14H2,1-4H3/b27-10+/t26-/m0/s1. The van der Waals surface area contributed by atoms with E-state index in [2.05, 4.69) is 11.2 Å². The summed E-state index contributed by atoms with van der Waals surface area (Å²) in [6, 6.07) is 9.68. The molecule has 0 bridgehead atoms. The molecule has 176 valence electrons. The van der Waals surface area contributed by atoms with Crippen molar-refractivity contribution >= 4 is 23.1 Å². The first-order chi connectivity index (χ1) is 16.1. The Balaban J connectivity index is 1.59. The number of nitrogens with zero attached hydrogens (tertiary/aromatic N) is 3. The van der Waals surface area contributed by atoms with Gasteiger partial charge in [0.25, 0.3) is 5.56 Å². The van der Waals surface area contributed by atoms with E-state index in [1.807, 2.05) is 39.0 Å². The number of rotatable bonds is 4. The van der Waals surface area contributed by atoms with E-state index in [1.165, 1.54) is 0 Å². The molecule has 0 fully saturated rings. The van der Waals surface area contributed by atoms with Crippen molar-refractivity contribution in [3.05, 3.63) is 62.9 Å². The number of aliphatic hydroxyl groups is 1. The average molecular weight is 462 g/mol. The van der Waals surface area contributed by atoms with E-state index in [0.29, 0.717) is 35.5 Å². The molecule has 3 aromatic rings. The molecule has 34 heavy (non-hydrogen) atoms. The molecule has 2 aliphatic rings. The number of hydrogen-bond donors (Lipinski definition) is 1. The molecule has 0 saturated carbocycles. The molecule has 0 unspecified atom stereocenters. The van der Waals surface area contributed by atoms with Crippen LogP contribution in [0.3, 0.4) is 0 Å².